The number of amides is 1. The molecule has 1 N–H and O–H groups in total. The van der Waals surface area contributed by atoms with Gasteiger partial charge in [-0.25, -0.2) is 4.98 Å². The van der Waals surface area contributed by atoms with Crippen molar-refractivity contribution in [3.05, 3.63) is 27.1 Å². The maximum absolute atomic E-state index is 12.5. The first-order chi connectivity index (χ1) is 9.81. The molecular formula is C15H21N3O2S. The van der Waals surface area contributed by atoms with E-state index in [4.69, 9.17) is 0 Å². The molecule has 0 aliphatic carbocycles. The Morgan fingerprint density at radius 2 is 2.05 bits per heavy atom. The average molecular weight is 307 g/mol. The van der Waals surface area contributed by atoms with Gasteiger partial charge in [0.25, 0.3) is 5.56 Å². The number of hydrogen-bond donors (Lipinski definition) is 1. The molecule has 21 heavy (non-hydrogen) atoms. The Morgan fingerprint density at radius 3 is 2.67 bits per heavy atom. The van der Waals surface area contributed by atoms with Gasteiger partial charge in [-0.2, -0.15) is 0 Å². The summed E-state index contributed by atoms with van der Waals surface area (Å²) < 4.78 is 1.38. The standard InChI is InChI=1S/C15H21N3O2S/c1-8(2)10(4)17-12(19)6-18-7-16-14-13(15(18)20)9(3)11(5)21-14/h7-8,10H,6H2,1-5H3,(H,17,19)/t10-/m0/s1. The maximum Gasteiger partial charge on any atom is 0.262 e. The number of thiophene rings is 1. The summed E-state index contributed by atoms with van der Waals surface area (Å²) in [7, 11) is 0. The van der Waals surface area contributed by atoms with Crippen LogP contribution in [0, 0.1) is 19.8 Å². The highest BCUT2D eigenvalue weighted by Crippen LogP contribution is 2.25. The Balaban J connectivity index is 2.27. The summed E-state index contributed by atoms with van der Waals surface area (Å²) in [5.74, 6) is 0.192. The van der Waals surface area contributed by atoms with Gasteiger partial charge < -0.3 is 5.32 Å². The SMILES string of the molecule is Cc1sc2ncn(CC(=O)N[C@@H](C)C(C)C)c(=O)c2c1C. The molecular weight excluding hydrogens is 286 g/mol. The molecule has 2 aromatic rings. The number of rotatable bonds is 4. The van der Waals surface area contributed by atoms with Crippen molar-refractivity contribution >= 4 is 27.5 Å². The Labute approximate surface area is 128 Å². The Hall–Kier alpha value is -1.69. The van der Waals surface area contributed by atoms with E-state index in [1.165, 1.54) is 22.2 Å². The molecule has 0 unspecified atom stereocenters. The number of carbonyl (C=O) groups excluding carboxylic acids is 1. The van der Waals surface area contributed by atoms with Crippen molar-refractivity contribution in [2.45, 2.75) is 47.2 Å². The average Bonchev–Trinajstić information content (AvgIpc) is 2.69. The van der Waals surface area contributed by atoms with Crippen molar-refractivity contribution in [3.63, 3.8) is 0 Å². The van der Waals surface area contributed by atoms with Crippen LogP contribution in [-0.4, -0.2) is 21.5 Å². The number of carbonyl (C=O) groups is 1. The van der Waals surface area contributed by atoms with E-state index in [-0.39, 0.29) is 24.1 Å². The molecule has 0 radical (unpaired) electrons. The van der Waals surface area contributed by atoms with Gasteiger partial charge in [0.2, 0.25) is 5.91 Å². The lowest BCUT2D eigenvalue weighted by Gasteiger charge is -2.17. The predicted octanol–water partition coefficient (Wildman–Crippen LogP) is 2.24. The van der Waals surface area contributed by atoms with E-state index in [1.54, 1.807) is 0 Å². The van der Waals surface area contributed by atoms with E-state index < -0.39 is 0 Å². The normalized spacial score (nSPS) is 12.9. The molecule has 2 heterocycles. The molecule has 0 aromatic carbocycles. The van der Waals surface area contributed by atoms with Crippen LogP contribution in [0.5, 0.6) is 0 Å². The van der Waals surface area contributed by atoms with Gasteiger partial charge in [-0.1, -0.05) is 13.8 Å². The topological polar surface area (TPSA) is 64.0 Å². The fraction of sp³-hybridized carbons (Fsp3) is 0.533. The second-order valence-corrected chi connectivity index (χ2v) is 6.94. The fourth-order valence-electron chi connectivity index (χ4n) is 2.00. The molecule has 0 aliphatic rings. The summed E-state index contributed by atoms with van der Waals surface area (Å²) >= 11 is 1.51. The molecule has 6 heteroatoms. The van der Waals surface area contributed by atoms with E-state index in [1.807, 2.05) is 34.6 Å². The summed E-state index contributed by atoms with van der Waals surface area (Å²) in [5.41, 5.74) is 0.812. The second-order valence-electron chi connectivity index (χ2n) is 5.74. The van der Waals surface area contributed by atoms with Gasteiger partial charge >= 0.3 is 0 Å². The smallest absolute Gasteiger partial charge is 0.262 e. The zero-order valence-electron chi connectivity index (χ0n) is 13.1. The molecule has 0 fully saturated rings. The Morgan fingerprint density at radius 1 is 1.38 bits per heavy atom. The highest BCUT2D eigenvalue weighted by molar-refractivity contribution is 7.18. The van der Waals surface area contributed by atoms with Crippen LogP contribution in [0.3, 0.4) is 0 Å². The molecule has 0 saturated carbocycles. The van der Waals surface area contributed by atoms with Gasteiger partial charge in [0, 0.05) is 10.9 Å². The number of nitrogens with one attached hydrogen (secondary N) is 1. The van der Waals surface area contributed by atoms with Gasteiger partial charge in [0.1, 0.15) is 11.4 Å². The van der Waals surface area contributed by atoms with Crippen LogP contribution >= 0.6 is 11.3 Å². The van der Waals surface area contributed by atoms with Crippen LogP contribution in [0.15, 0.2) is 11.1 Å². The van der Waals surface area contributed by atoms with Gasteiger partial charge in [0.05, 0.1) is 11.7 Å². The maximum atomic E-state index is 12.5. The first-order valence-corrected chi connectivity index (χ1v) is 7.87. The van der Waals surface area contributed by atoms with Crippen LogP contribution in [0.25, 0.3) is 10.2 Å². The Bertz CT molecular complexity index is 730. The van der Waals surface area contributed by atoms with Gasteiger partial charge in [0.15, 0.2) is 0 Å². The highest BCUT2D eigenvalue weighted by atomic mass is 32.1. The number of aromatic nitrogens is 2. The molecule has 2 rings (SSSR count). The Kier molecular flexibility index (Phi) is 4.46. The first-order valence-electron chi connectivity index (χ1n) is 7.05. The summed E-state index contributed by atoms with van der Waals surface area (Å²) in [6, 6.07) is 0.0787. The molecule has 1 atom stereocenters. The molecule has 5 nitrogen and oxygen atoms in total. The quantitative estimate of drug-likeness (QED) is 0.942. The van der Waals surface area contributed by atoms with Crippen molar-refractivity contribution < 1.29 is 4.79 Å². The van der Waals surface area contributed by atoms with Crippen LogP contribution in [0.2, 0.25) is 0 Å². The second kappa shape index (κ2) is 5.97. The lowest BCUT2D eigenvalue weighted by atomic mass is 10.1. The summed E-state index contributed by atoms with van der Waals surface area (Å²) in [5, 5.41) is 3.53. The third-order valence-corrected chi connectivity index (χ3v) is 4.97. The first kappa shape index (κ1) is 15.7. The molecule has 0 aliphatic heterocycles. The van der Waals surface area contributed by atoms with E-state index >= 15 is 0 Å². The summed E-state index contributed by atoms with van der Waals surface area (Å²) in [6.07, 6.45) is 1.46. The molecule has 114 valence electrons. The monoisotopic (exact) mass is 307 g/mol. The van der Waals surface area contributed by atoms with Crippen molar-refractivity contribution in [3.8, 4) is 0 Å². The number of fused-ring (bicyclic) bond motifs is 1. The molecule has 0 bridgehead atoms. The van der Waals surface area contributed by atoms with E-state index in [2.05, 4.69) is 10.3 Å². The van der Waals surface area contributed by atoms with Gasteiger partial charge in [-0.05, 0) is 32.3 Å². The van der Waals surface area contributed by atoms with Crippen molar-refractivity contribution in [2.75, 3.05) is 0 Å². The van der Waals surface area contributed by atoms with Crippen LogP contribution in [0.4, 0.5) is 0 Å². The summed E-state index contributed by atoms with van der Waals surface area (Å²) in [6.45, 7) is 9.95. The minimum Gasteiger partial charge on any atom is -0.352 e. The van der Waals surface area contributed by atoms with E-state index in [0.717, 1.165) is 15.3 Å². The lowest BCUT2D eigenvalue weighted by Crippen LogP contribution is -2.39. The van der Waals surface area contributed by atoms with Gasteiger partial charge in [-0.3, -0.25) is 14.2 Å². The zero-order valence-corrected chi connectivity index (χ0v) is 13.9. The number of nitrogens with zero attached hydrogens (tertiary/aromatic N) is 2. The van der Waals surface area contributed by atoms with Crippen LogP contribution < -0.4 is 10.9 Å². The van der Waals surface area contributed by atoms with Crippen LogP contribution in [0.1, 0.15) is 31.2 Å². The molecule has 2 aromatic heterocycles. The van der Waals surface area contributed by atoms with E-state index in [0.29, 0.717) is 11.3 Å². The highest BCUT2D eigenvalue weighted by Gasteiger charge is 2.15. The molecule has 0 spiro atoms. The third kappa shape index (κ3) is 3.15. The third-order valence-electron chi connectivity index (χ3n) is 3.86. The van der Waals surface area contributed by atoms with Gasteiger partial charge in [-0.15, -0.1) is 11.3 Å². The minimum absolute atomic E-state index is 0.00711. The summed E-state index contributed by atoms with van der Waals surface area (Å²) in [4.78, 5) is 30.6. The minimum atomic E-state index is -0.163. The van der Waals surface area contributed by atoms with Crippen molar-refractivity contribution in [2.24, 2.45) is 5.92 Å². The van der Waals surface area contributed by atoms with Crippen LogP contribution in [-0.2, 0) is 11.3 Å². The predicted molar refractivity (Wildman–Crippen MR) is 85.8 cm³/mol. The number of aryl methyl sites for hydroxylation is 2. The fourth-order valence-corrected chi connectivity index (χ4v) is 2.99. The van der Waals surface area contributed by atoms with Crippen molar-refractivity contribution in [1.82, 2.24) is 14.9 Å². The van der Waals surface area contributed by atoms with E-state index in [9.17, 15) is 9.59 Å². The molecule has 1 amide bonds. The number of hydrogen-bond acceptors (Lipinski definition) is 4. The largest absolute Gasteiger partial charge is 0.352 e. The lowest BCUT2D eigenvalue weighted by molar-refractivity contribution is -0.122. The molecule has 0 saturated heterocycles. The zero-order chi connectivity index (χ0) is 15.7. The van der Waals surface area contributed by atoms with Crippen molar-refractivity contribution in [1.29, 1.82) is 0 Å².